The fourth-order valence-corrected chi connectivity index (χ4v) is 1.37. The first kappa shape index (κ1) is 11.5. The summed E-state index contributed by atoms with van der Waals surface area (Å²) in [6.45, 7) is 0. The molecule has 1 aromatic rings. The van der Waals surface area contributed by atoms with Gasteiger partial charge in [-0.3, -0.25) is 0 Å². The fraction of sp³-hybridized carbons (Fsp3) is 0.125. The molecule has 0 aliphatic carbocycles. The second-order valence-electron chi connectivity index (χ2n) is 2.68. The van der Waals surface area contributed by atoms with Gasteiger partial charge in [0.25, 0.3) is 0 Å². The summed E-state index contributed by atoms with van der Waals surface area (Å²) in [5.74, 6) is 0. The van der Waals surface area contributed by atoms with E-state index >= 15 is 0 Å². The Labute approximate surface area is 87.1 Å². The van der Waals surface area contributed by atoms with E-state index in [9.17, 15) is 17.8 Å². The highest BCUT2D eigenvalue weighted by molar-refractivity contribution is 7.85. The molecule has 7 heteroatoms. The van der Waals surface area contributed by atoms with E-state index in [1.807, 2.05) is 0 Å². The van der Waals surface area contributed by atoms with Crippen molar-refractivity contribution in [1.82, 2.24) is 5.32 Å². The molecule has 0 atom stereocenters. The third-order valence-corrected chi connectivity index (χ3v) is 2.48. The lowest BCUT2D eigenvalue weighted by Crippen LogP contribution is -2.24. The van der Waals surface area contributed by atoms with Gasteiger partial charge in [0.2, 0.25) is 0 Å². The Balaban J connectivity index is 2.86. The van der Waals surface area contributed by atoms with Crippen molar-refractivity contribution in [2.24, 2.45) is 0 Å². The zero-order valence-electron chi connectivity index (χ0n) is 7.85. The first-order valence-electron chi connectivity index (χ1n) is 3.98. The number of carbonyl (C=O) groups excluding carboxylic acids is 1. The van der Waals surface area contributed by atoms with Crippen molar-refractivity contribution in [2.45, 2.75) is 4.90 Å². The fourth-order valence-electron chi connectivity index (χ4n) is 0.899. The first-order valence-corrected chi connectivity index (χ1v) is 5.39. The van der Waals surface area contributed by atoms with Crippen molar-refractivity contribution in [3.63, 3.8) is 0 Å². The Morgan fingerprint density at radius 2 is 1.80 bits per heavy atom. The number of amides is 2. The molecule has 0 aliphatic rings. The van der Waals surface area contributed by atoms with Crippen LogP contribution >= 0.6 is 0 Å². The minimum atomic E-state index is -4.43. The molecule has 1 rings (SSSR count). The number of rotatable bonds is 2. The van der Waals surface area contributed by atoms with Crippen LogP contribution in [0.3, 0.4) is 0 Å². The molecule has 15 heavy (non-hydrogen) atoms. The van der Waals surface area contributed by atoms with Gasteiger partial charge < -0.3 is 15.2 Å². The van der Waals surface area contributed by atoms with E-state index < -0.39 is 16.1 Å². The summed E-state index contributed by atoms with van der Waals surface area (Å²) in [7, 11) is -2.98. The van der Waals surface area contributed by atoms with Gasteiger partial charge in [-0.15, -0.1) is 0 Å². The lowest BCUT2D eigenvalue weighted by atomic mass is 10.3. The molecule has 1 aromatic carbocycles. The lowest BCUT2D eigenvalue weighted by molar-refractivity contribution is 0.254. The number of benzene rings is 1. The monoisotopic (exact) mass is 229 g/mol. The maximum Gasteiger partial charge on any atom is 0.318 e. The van der Waals surface area contributed by atoms with E-state index in [1.54, 1.807) is 0 Å². The van der Waals surface area contributed by atoms with Crippen LogP contribution in [-0.4, -0.2) is 26.0 Å². The molecule has 0 saturated heterocycles. The number of hydrogen-bond donors (Lipinski definition) is 2. The Hall–Kier alpha value is -1.60. The summed E-state index contributed by atoms with van der Waals surface area (Å²) in [6, 6.07) is 4.51. The van der Waals surface area contributed by atoms with Gasteiger partial charge in [-0.1, -0.05) is 0 Å². The standard InChI is InChI=1S/C8H10N2O4S/c1-9-8(11)10-6-2-4-7(5-3-6)15(12,13)14/h2-5H,1H3,(H2,9,10,11)(H,12,13,14)/p-1. The van der Waals surface area contributed by atoms with Crippen LogP contribution in [0.2, 0.25) is 0 Å². The zero-order valence-corrected chi connectivity index (χ0v) is 8.67. The summed E-state index contributed by atoms with van der Waals surface area (Å²) in [4.78, 5) is 10.5. The van der Waals surface area contributed by atoms with Crippen LogP contribution in [0.1, 0.15) is 0 Å². The molecule has 0 radical (unpaired) electrons. The zero-order chi connectivity index (χ0) is 11.5. The van der Waals surface area contributed by atoms with Crippen molar-refractivity contribution in [1.29, 1.82) is 0 Å². The predicted octanol–water partition coefficient (Wildman–Crippen LogP) is 0.342. The smallest absolute Gasteiger partial charge is 0.318 e. The Morgan fingerprint density at radius 3 is 2.20 bits per heavy atom. The molecule has 6 nitrogen and oxygen atoms in total. The van der Waals surface area contributed by atoms with Crippen molar-refractivity contribution < 1.29 is 17.8 Å². The molecule has 0 aliphatic heterocycles. The van der Waals surface area contributed by atoms with Crippen LogP contribution in [0.4, 0.5) is 10.5 Å². The normalized spacial score (nSPS) is 10.8. The molecule has 0 fully saturated rings. The minimum Gasteiger partial charge on any atom is -0.744 e. The molecule has 0 saturated carbocycles. The van der Waals surface area contributed by atoms with Crippen molar-refractivity contribution >= 4 is 21.8 Å². The topological polar surface area (TPSA) is 98.3 Å². The maximum absolute atomic E-state index is 10.9. The Morgan fingerprint density at radius 1 is 1.27 bits per heavy atom. The summed E-state index contributed by atoms with van der Waals surface area (Å²) in [6.07, 6.45) is 0. The summed E-state index contributed by atoms with van der Waals surface area (Å²) < 4.78 is 31.7. The van der Waals surface area contributed by atoms with Crippen LogP contribution in [0.15, 0.2) is 29.2 Å². The molecule has 0 heterocycles. The Kier molecular flexibility index (Phi) is 3.28. The van der Waals surface area contributed by atoms with Gasteiger partial charge in [-0.05, 0) is 24.3 Å². The van der Waals surface area contributed by atoms with Gasteiger partial charge in [0.05, 0.1) is 4.90 Å². The van der Waals surface area contributed by atoms with Gasteiger partial charge in [0.1, 0.15) is 10.1 Å². The van der Waals surface area contributed by atoms with Crippen molar-refractivity contribution in [3.8, 4) is 0 Å². The second kappa shape index (κ2) is 4.28. The molecule has 82 valence electrons. The van der Waals surface area contributed by atoms with Crippen LogP contribution in [0.25, 0.3) is 0 Å². The number of carbonyl (C=O) groups is 1. The van der Waals surface area contributed by atoms with Gasteiger partial charge in [0.15, 0.2) is 0 Å². The maximum atomic E-state index is 10.9. The molecule has 0 bridgehead atoms. The molecule has 2 amide bonds. The lowest BCUT2D eigenvalue weighted by Gasteiger charge is -2.08. The van der Waals surface area contributed by atoms with E-state index in [4.69, 9.17) is 0 Å². The van der Waals surface area contributed by atoms with E-state index in [1.165, 1.54) is 19.2 Å². The highest BCUT2D eigenvalue weighted by Crippen LogP contribution is 2.13. The largest absolute Gasteiger partial charge is 0.744 e. The SMILES string of the molecule is CNC(=O)Nc1ccc(S(=O)(=O)[O-])cc1. The highest BCUT2D eigenvalue weighted by atomic mass is 32.2. The van der Waals surface area contributed by atoms with Crippen LogP contribution < -0.4 is 10.6 Å². The molecular formula is C8H9N2O4S-. The summed E-state index contributed by atoms with van der Waals surface area (Å²) >= 11 is 0. The van der Waals surface area contributed by atoms with E-state index in [-0.39, 0.29) is 4.90 Å². The van der Waals surface area contributed by atoms with Gasteiger partial charge in [-0.2, -0.15) is 0 Å². The number of anilines is 1. The molecule has 0 spiro atoms. The summed E-state index contributed by atoms with van der Waals surface area (Å²) in [5, 5.41) is 4.75. The average Bonchev–Trinajstić information content (AvgIpc) is 2.17. The molecule has 0 aromatic heterocycles. The average molecular weight is 229 g/mol. The van der Waals surface area contributed by atoms with Gasteiger partial charge >= 0.3 is 6.03 Å². The van der Waals surface area contributed by atoms with E-state index in [0.717, 1.165) is 12.1 Å². The van der Waals surface area contributed by atoms with E-state index in [0.29, 0.717) is 5.69 Å². The van der Waals surface area contributed by atoms with Gasteiger partial charge in [0, 0.05) is 12.7 Å². The molecule has 0 unspecified atom stereocenters. The van der Waals surface area contributed by atoms with Crippen LogP contribution in [-0.2, 0) is 10.1 Å². The van der Waals surface area contributed by atoms with Crippen LogP contribution in [0, 0.1) is 0 Å². The predicted molar refractivity (Wildman–Crippen MR) is 52.5 cm³/mol. The minimum absolute atomic E-state index is 0.329. The highest BCUT2D eigenvalue weighted by Gasteiger charge is 2.02. The number of urea groups is 1. The van der Waals surface area contributed by atoms with Crippen molar-refractivity contribution in [3.05, 3.63) is 24.3 Å². The third-order valence-electron chi connectivity index (χ3n) is 1.63. The number of nitrogens with one attached hydrogen (secondary N) is 2. The molecular weight excluding hydrogens is 220 g/mol. The van der Waals surface area contributed by atoms with Crippen LogP contribution in [0.5, 0.6) is 0 Å². The van der Waals surface area contributed by atoms with Gasteiger partial charge in [-0.25, -0.2) is 13.2 Å². The number of hydrogen-bond acceptors (Lipinski definition) is 4. The van der Waals surface area contributed by atoms with E-state index in [2.05, 4.69) is 10.6 Å². The Bertz CT molecular complexity index is 452. The quantitative estimate of drug-likeness (QED) is 0.714. The third kappa shape index (κ3) is 3.22. The first-order chi connectivity index (χ1) is 6.93. The summed E-state index contributed by atoms with van der Waals surface area (Å²) in [5.41, 5.74) is 0.404. The molecule has 2 N–H and O–H groups in total. The second-order valence-corrected chi connectivity index (χ2v) is 4.06. The van der Waals surface area contributed by atoms with Crippen molar-refractivity contribution in [2.75, 3.05) is 12.4 Å².